The molecule has 0 aliphatic rings. The standard InChI is InChI=1S/C14H15N3O3S/c1-17(11-14-15-8-9-16-14)21(19,20)13-7-3-2-5-12(13)6-4-10-18/h2-3,5,7-9,18H,10-11H2,1H3,(H,15,16). The van der Waals surface area contributed by atoms with Crippen LogP contribution in [-0.4, -0.2) is 41.5 Å². The summed E-state index contributed by atoms with van der Waals surface area (Å²) in [6.07, 6.45) is 3.20. The van der Waals surface area contributed by atoms with Crippen LogP contribution in [0.2, 0.25) is 0 Å². The highest BCUT2D eigenvalue weighted by Gasteiger charge is 2.23. The summed E-state index contributed by atoms with van der Waals surface area (Å²) in [5, 5.41) is 8.76. The van der Waals surface area contributed by atoms with Crippen molar-refractivity contribution in [3.05, 3.63) is 48.0 Å². The number of benzene rings is 1. The number of sulfonamides is 1. The highest BCUT2D eigenvalue weighted by atomic mass is 32.2. The maximum atomic E-state index is 12.6. The third-order valence-corrected chi connectivity index (χ3v) is 4.67. The van der Waals surface area contributed by atoms with E-state index in [4.69, 9.17) is 5.11 Å². The normalized spacial score (nSPS) is 11.2. The van der Waals surface area contributed by atoms with Crippen LogP contribution < -0.4 is 0 Å². The summed E-state index contributed by atoms with van der Waals surface area (Å²) >= 11 is 0. The third-order valence-electron chi connectivity index (χ3n) is 2.80. The molecule has 1 aromatic carbocycles. The molecular formula is C14H15N3O3S. The number of hydrogen-bond donors (Lipinski definition) is 2. The maximum absolute atomic E-state index is 12.6. The first kappa shape index (κ1) is 15.3. The van der Waals surface area contributed by atoms with Crippen LogP contribution in [-0.2, 0) is 16.6 Å². The van der Waals surface area contributed by atoms with E-state index >= 15 is 0 Å². The van der Waals surface area contributed by atoms with Gasteiger partial charge in [-0.3, -0.25) is 0 Å². The monoisotopic (exact) mass is 305 g/mol. The topological polar surface area (TPSA) is 86.3 Å². The van der Waals surface area contributed by atoms with Gasteiger partial charge in [-0.2, -0.15) is 4.31 Å². The first-order chi connectivity index (χ1) is 10.1. The summed E-state index contributed by atoms with van der Waals surface area (Å²) in [5.41, 5.74) is 0.359. The van der Waals surface area contributed by atoms with Crippen LogP contribution in [0.1, 0.15) is 11.4 Å². The van der Waals surface area contributed by atoms with E-state index < -0.39 is 10.0 Å². The number of nitrogens with zero attached hydrogens (tertiary/aromatic N) is 2. The highest BCUT2D eigenvalue weighted by molar-refractivity contribution is 7.89. The van der Waals surface area contributed by atoms with Crippen molar-refractivity contribution in [1.29, 1.82) is 0 Å². The number of nitrogens with one attached hydrogen (secondary N) is 1. The van der Waals surface area contributed by atoms with Crippen molar-refractivity contribution in [2.75, 3.05) is 13.7 Å². The van der Waals surface area contributed by atoms with E-state index in [0.717, 1.165) is 0 Å². The average molecular weight is 305 g/mol. The van der Waals surface area contributed by atoms with Gasteiger partial charge in [-0.15, -0.1) is 0 Å². The van der Waals surface area contributed by atoms with Crippen molar-refractivity contribution in [2.24, 2.45) is 0 Å². The molecule has 0 amide bonds. The van der Waals surface area contributed by atoms with Gasteiger partial charge in [0.25, 0.3) is 0 Å². The number of H-pyrrole nitrogens is 1. The number of imidazole rings is 1. The molecule has 0 spiro atoms. The molecular weight excluding hydrogens is 290 g/mol. The molecule has 0 fully saturated rings. The number of aliphatic hydroxyl groups is 1. The summed E-state index contributed by atoms with van der Waals surface area (Å²) in [5.74, 6) is 5.67. The minimum absolute atomic E-state index is 0.111. The van der Waals surface area contributed by atoms with Crippen LogP contribution in [0.3, 0.4) is 0 Å². The lowest BCUT2D eigenvalue weighted by atomic mass is 10.2. The molecule has 21 heavy (non-hydrogen) atoms. The van der Waals surface area contributed by atoms with E-state index in [2.05, 4.69) is 21.8 Å². The second kappa shape index (κ2) is 6.54. The Labute approximate surface area is 123 Å². The van der Waals surface area contributed by atoms with Gasteiger partial charge in [0.2, 0.25) is 10.0 Å². The second-order valence-electron chi connectivity index (χ2n) is 4.25. The lowest BCUT2D eigenvalue weighted by Gasteiger charge is -2.17. The molecule has 0 saturated carbocycles. The van der Waals surface area contributed by atoms with Crippen molar-refractivity contribution >= 4 is 10.0 Å². The predicted molar refractivity (Wildman–Crippen MR) is 77.6 cm³/mol. The first-order valence-corrected chi connectivity index (χ1v) is 7.63. The van der Waals surface area contributed by atoms with E-state index in [9.17, 15) is 8.42 Å². The number of hydrogen-bond acceptors (Lipinski definition) is 4. The summed E-state index contributed by atoms with van der Waals surface area (Å²) in [4.78, 5) is 6.99. The van der Waals surface area contributed by atoms with Gasteiger partial charge in [0.15, 0.2) is 0 Å². The molecule has 0 atom stereocenters. The zero-order valence-corrected chi connectivity index (χ0v) is 12.3. The Morgan fingerprint density at radius 2 is 2.14 bits per heavy atom. The fraction of sp³-hybridized carbons (Fsp3) is 0.214. The summed E-state index contributed by atoms with van der Waals surface area (Å²) in [6.45, 7) is -0.187. The van der Waals surface area contributed by atoms with Gasteiger partial charge in [-0.1, -0.05) is 24.0 Å². The molecule has 0 aliphatic carbocycles. The Hall–Kier alpha value is -2.14. The zero-order valence-electron chi connectivity index (χ0n) is 11.4. The Balaban J connectivity index is 2.35. The minimum atomic E-state index is -3.69. The van der Waals surface area contributed by atoms with Gasteiger partial charge in [0.05, 0.1) is 11.4 Å². The molecule has 0 aliphatic heterocycles. The van der Waals surface area contributed by atoms with Crippen molar-refractivity contribution in [2.45, 2.75) is 11.4 Å². The molecule has 1 aromatic heterocycles. The molecule has 110 valence electrons. The smallest absolute Gasteiger partial charge is 0.244 e. The van der Waals surface area contributed by atoms with Crippen LogP contribution >= 0.6 is 0 Å². The second-order valence-corrected chi connectivity index (χ2v) is 6.27. The fourth-order valence-corrected chi connectivity index (χ4v) is 3.05. The van der Waals surface area contributed by atoms with Crippen LogP contribution in [0.5, 0.6) is 0 Å². The van der Waals surface area contributed by atoms with Gasteiger partial charge >= 0.3 is 0 Å². The van der Waals surface area contributed by atoms with E-state index in [1.54, 1.807) is 30.6 Å². The Morgan fingerprint density at radius 1 is 1.38 bits per heavy atom. The van der Waals surface area contributed by atoms with Gasteiger partial charge < -0.3 is 10.1 Å². The van der Waals surface area contributed by atoms with Gasteiger partial charge in [0.1, 0.15) is 12.4 Å². The molecule has 0 unspecified atom stereocenters. The lowest BCUT2D eigenvalue weighted by Crippen LogP contribution is -2.27. The molecule has 2 rings (SSSR count). The Kier molecular flexibility index (Phi) is 4.75. The third kappa shape index (κ3) is 3.49. The number of aromatic nitrogens is 2. The summed E-state index contributed by atoms with van der Waals surface area (Å²) < 4.78 is 26.4. The minimum Gasteiger partial charge on any atom is -0.384 e. The van der Waals surface area contributed by atoms with Gasteiger partial charge in [-0.25, -0.2) is 13.4 Å². The van der Waals surface area contributed by atoms with Crippen molar-refractivity contribution in [3.63, 3.8) is 0 Å². The van der Waals surface area contributed by atoms with E-state index in [1.807, 2.05) is 0 Å². The molecule has 0 bridgehead atoms. The predicted octanol–water partition coefficient (Wildman–Crippen LogP) is 0.574. The van der Waals surface area contributed by atoms with Gasteiger partial charge in [-0.05, 0) is 12.1 Å². The Morgan fingerprint density at radius 3 is 2.81 bits per heavy atom. The highest BCUT2D eigenvalue weighted by Crippen LogP contribution is 2.19. The molecule has 1 heterocycles. The average Bonchev–Trinajstić information content (AvgIpc) is 2.98. The molecule has 2 N–H and O–H groups in total. The molecule has 6 nitrogen and oxygen atoms in total. The summed E-state index contributed by atoms with van der Waals surface area (Å²) in [7, 11) is -2.21. The molecule has 0 radical (unpaired) electrons. The Bertz CT molecular complexity index is 758. The SMILES string of the molecule is CN(Cc1ncc[nH]1)S(=O)(=O)c1ccccc1C#CCO. The van der Waals surface area contributed by atoms with E-state index in [1.165, 1.54) is 17.4 Å². The zero-order chi connectivity index (χ0) is 15.3. The van der Waals surface area contributed by atoms with E-state index in [-0.39, 0.29) is 18.0 Å². The van der Waals surface area contributed by atoms with Crippen molar-refractivity contribution in [3.8, 4) is 11.8 Å². The quantitative estimate of drug-likeness (QED) is 0.809. The summed E-state index contributed by atoms with van der Waals surface area (Å²) in [6, 6.07) is 6.44. The molecule has 2 aromatic rings. The van der Waals surface area contributed by atoms with Crippen LogP contribution in [0.4, 0.5) is 0 Å². The van der Waals surface area contributed by atoms with Gasteiger partial charge in [0, 0.05) is 25.0 Å². The van der Waals surface area contributed by atoms with E-state index in [0.29, 0.717) is 11.4 Å². The number of aliphatic hydroxyl groups excluding tert-OH is 1. The molecule has 7 heteroatoms. The fourth-order valence-electron chi connectivity index (χ4n) is 1.78. The number of aromatic amines is 1. The van der Waals surface area contributed by atoms with Crippen LogP contribution in [0.15, 0.2) is 41.6 Å². The largest absolute Gasteiger partial charge is 0.384 e. The van der Waals surface area contributed by atoms with Crippen LogP contribution in [0.25, 0.3) is 0 Å². The van der Waals surface area contributed by atoms with Crippen LogP contribution in [0, 0.1) is 11.8 Å². The van der Waals surface area contributed by atoms with Crippen molar-refractivity contribution < 1.29 is 13.5 Å². The first-order valence-electron chi connectivity index (χ1n) is 6.19. The number of rotatable bonds is 4. The maximum Gasteiger partial charge on any atom is 0.244 e. The van der Waals surface area contributed by atoms with Crippen molar-refractivity contribution in [1.82, 2.24) is 14.3 Å². The molecule has 0 saturated heterocycles. The lowest BCUT2D eigenvalue weighted by molar-refractivity contribution is 0.350.